The highest BCUT2D eigenvalue weighted by Crippen LogP contribution is 2.25. The molecule has 1 aliphatic rings. The first kappa shape index (κ1) is 18.7. The number of rotatable bonds is 4. The summed E-state index contributed by atoms with van der Waals surface area (Å²) >= 11 is 0. The molecular weight excluding hydrogens is 364 g/mol. The second-order valence-corrected chi connectivity index (χ2v) is 7.29. The van der Waals surface area contributed by atoms with Gasteiger partial charge in [0.2, 0.25) is 0 Å². The monoisotopic (exact) mass is 388 g/mol. The molecule has 3 heterocycles. The highest BCUT2D eigenvalue weighted by Gasteiger charge is 2.20. The van der Waals surface area contributed by atoms with Gasteiger partial charge >= 0.3 is 0 Å². The Bertz CT molecular complexity index is 1060. The number of pyridine rings is 2. The van der Waals surface area contributed by atoms with Gasteiger partial charge in [0.25, 0.3) is 5.91 Å². The van der Waals surface area contributed by atoms with Gasteiger partial charge in [0.15, 0.2) is 0 Å². The van der Waals surface area contributed by atoms with Gasteiger partial charge in [-0.15, -0.1) is 0 Å². The lowest BCUT2D eigenvalue weighted by Crippen LogP contribution is -2.32. The number of anilines is 3. The molecule has 29 heavy (non-hydrogen) atoms. The number of nitrogens with two attached hydrogens (primary N) is 2. The van der Waals surface area contributed by atoms with Crippen LogP contribution in [-0.4, -0.2) is 22.4 Å². The molecule has 5 N–H and O–H groups in total. The third-order valence-electron chi connectivity index (χ3n) is 5.18. The van der Waals surface area contributed by atoms with Gasteiger partial charge in [0, 0.05) is 44.1 Å². The summed E-state index contributed by atoms with van der Waals surface area (Å²) < 4.78 is 0. The molecule has 0 atom stereocenters. The van der Waals surface area contributed by atoms with Crippen LogP contribution in [0.2, 0.25) is 0 Å². The predicted octanol–water partition coefficient (Wildman–Crippen LogP) is 2.44. The quantitative estimate of drug-likeness (QED) is 0.592. The van der Waals surface area contributed by atoms with Crippen LogP contribution in [0.25, 0.3) is 0 Å². The van der Waals surface area contributed by atoms with Gasteiger partial charge in [-0.3, -0.25) is 9.78 Å². The van der Waals surface area contributed by atoms with E-state index in [0.717, 1.165) is 42.1 Å². The van der Waals surface area contributed by atoms with Gasteiger partial charge in [-0.05, 0) is 47.9 Å². The van der Waals surface area contributed by atoms with E-state index in [1.54, 1.807) is 18.3 Å². The number of nitrogens with one attached hydrogen (secondary N) is 1. The molecule has 1 aromatic carbocycles. The molecule has 0 radical (unpaired) electrons. The number of nitrogens with zero attached hydrogens (tertiary/aromatic N) is 3. The number of amides is 1. The molecule has 0 aliphatic carbocycles. The minimum atomic E-state index is -0.171. The third-order valence-corrected chi connectivity index (χ3v) is 5.18. The molecule has 1 amide bonds. The highest BCUT2D eigenvalue weighted by molar-refractivity contribution is 5.94. The zero-order valence-electron chi connectivity index (χ0n) is 16.4. The number of carbonyl (C=O) groups is 1. The van der Waals surface area contributed by atoms with Crippen LogP contribution in [0.15, 0.2) is 48.8 Å². The van der Waals surface area contributed by atoms with E-state index in [-0.39, 0.29) is 5.91 Å². The van der Waals surface area contributed by atoms with Crippen molar-refractivity contribution < 1.29 is 4.79 Å². The first-order valence-corrected chi connectivity index (χ1v) is 9.57. The molecule has 0 saturated carbocycles. The van der Waals surface area contributed by atoms with E-state index in [9.17, 15) is 4.79 Å². The Morgan fingerprint density at radius 3 is 2.83 bits per heavy atom. The second kappa shape index (κ2) is 7.79. The van der Waals surface area contributed by atoms with Crippen LogP contribution in [0.4, 0.5) is 17.2 Å². The standard InChI is InChI=1S/C22H24N6O/c1-14-9-17(22(29)27-11-15-4-5-18(23)19(24)10-15)12-26-21(14)28-8-6-20-16(13-28)3-2-7-25-20/h2-5,7,9-10,12H,6,8,11,13,23-24H2,1H3,(H,27,29). The fourth-order valence-electron chi connectivity index (χ4n) is 3.59. The maximum absolute atomic E-state index is 12.5. The Hall–Kier alpha value is -3.61. The summed E-state index contributed by atoms with van der Waals surface area (Å²) in [5.74, 6) is 0.734. The minimum absolute atomic E-state index is 0.171. The summed E-state index contributed by atoms with van der Waals surface area (Å²) in [4.78, 5) is 23.8. The molecule has 148 valence electrons. The summed E-state index contributed by atoms with van der Waals surface area (Å²) in [6.45, 7) is 4.00. The first-order chi connectivity index (χ1) is 14.0. The van der Waals surface area contributed by atoms with E-state index in [0.29, 0.717) is 23.5 Å². The second-order valence-electron chi connectivity index (χ2n) is 7.29. The molecule has 0 fully saturated rings. The molecule has 3 aromatic rings. The van der Waals surface area contributed by atoms with Crippen molar-refractivity contribution in [2.24, 2.45) is 0 Å². The van der Waals surface area contributed by atoms with Crippen molar-refractivity contribution in [1.29, 1.82) is 0 Å². The molecule has 2 aromatic heterocycles. The number of aryl methyl sites for hydroxylation is 1. The van der Waals surface area contributed by atoms with E-state index >= 15 is 0 Å². The average molecular weight is 388 g/mol. The molecule has 0 spiro atoms. The molecule has 7 nitrogen and oxygen atoms in total. The highest BCUT2D eigenvalue weighted by atomic mass is 16.1. The van der Waals surface area contributed by atoms with Gasteiger partial charge in [0.1, 0.15) is 5.82 Å². The van der Waals surface area contributed by atoms with E-state index in [2.05, 4.69) is 26.3 Å². The Balaban J connectivity index is 1.44. The van der Waals surface area contributed by atoms with E-state index < -0.39 is 0 Å². The van der Waals surface area contributed by atoms with Crippen LogP contribution in [0, 0.1) is 6.92 Å². The average Bonchev–Trinajstić information content (AvgIpc) is 2.74. The number of hydrogen-bond acceptors (Lipinski definition) is 6. The smallest absolute Gasteiger partial charge is 0.253 e. The molecular formula is C22H24N6O. The van der Waals surface area contributed by atoms with E-state index in [1.165, 1.54) is 5.56 Å². The van der Waals surface area contributed by atoms with Gasteiger partial charge in [-0.2, -0.15) is 0 Å². The van der Waals surface area contributed by atoms with Crippen molar-refractivity contribution in [3.63, 3.8) is 0 Å². The van der Waals surface area contributed by atoms with Crippen molar-refractivity contribution in [3.05, 3.63) is 76.7 Å². The maximum atomic E-state index is 12.5. The summed E-state index contributed by atoms with van der Waals surface area (Å²) in [6, 6.07) is 11.3. The number of benzene rings is 1. The molecule has 1 aliphatic heterocycles. The fourth-order valence-corrected chi connectivity index (χ4v) is 3.59. The lowest BCUT2D eigenvalue weighted by molar-refractivity contribution is 0.0950. The van der Waals surface area contributed by atoms with Crippen molar-refractivity contribution >= 4 is 23.1 Å². The number of aromatic nitrogens is 2. The summed E-state index contributed by atoms with van der Waals surface area (Å²) in [7, 11) is 0. The molecule has 4 rings (SSSR count). The van der Waals surface area contributed by atoms with E-state index in [4.69, 9.17) is 11.5 Å². The minimum Gasteiger partial charge on any atom is -0.397 e. The van der Waals surface area contributed by atoms with Crippen LogP contribution in [0.5, 0.6) is 0 Å². The summed E-state index contributed by atoms with van der Waals surface area (Å²) in [6.07, 6.45) is 4.36. The first-order valence-electron chi connectivity index (χ1n) is 9.57. The number of fused-ring (bicyclic) bond motifs is 1. The number of carbonyl (C=O) groups excluding carboxylic acids is 1. The van der Waals surface area contributed by atoms with Gasteiger partial charge in [-0.25, -0.2) is 4.98 Å². The van der Waals surface area contributed by atoms with Crippen molar-refractivity contribution in [2.75, 3.05) is 22.9 Å². The van der Waals surface area contributed by atoms with Crippen molar-refractivity contribution in [1.82, 2.24) is 15.3 Å². The largest absolute Gasteiger partial charge is 0.397 e. The SMILES string of the molecule is Cc1cc(C(=O)NCc2ccc(N)c(N)c2)cnc1N1CCc2ncccc2C1. The zero-order chi connectivity index (χ0) is 20.4. The van der Waals surface area contributed by atoms with E-state index in [1.807, 2.05) is 31.3 Å². The number of nitrogen functional groups attached to an aromatic ring is 2. The topological polar surface area (TPSA) is 110 Å². The van der Waals surface area contributed by atoms with Crippen molar-refractivity contribution in [3.8, 4) is 0 Å². The lowest BCUT2D eigenvalue weighted by atomic mass is 10.0. The summed E-state index contributed by atoms with van der Waals surface area (Å²) in [5, 5.41) is 2.90. The normalized spacial score (nSPS) is 13.1. The fraction of sp³-hybridized carbons (Fsp3) is 0.227. The van der Waals surface area contributed by atoms with Crippen molar-refractivity contribution in [2.45, 2.75) is 26.4 Å². The lowest BCUT2D eigenvalue weighted by Gasteiger charge is -2.30. The Morgan fingerprint density at radius 1 is 1.17 bits per heavy atom. The van der Waals surface area contributed by atoms with Gasteiger partial charge in [0.05, 0.1) is 16.9 Å². The van der Waals surface area contributed by atoms with Gasteiger partial charge < -0.3 is 21.7 Å². The Kier molecular flexibility index (Phi) is 5.03. The van der Waals surface area contributed by atoms with Crippen LogP contribution >= 0.6 is 0 Å². The number of hydrogen-bond donors (Lipinski definition) is 3. The molecule has 0 bridgehead atoms. The molecule has 0 saturated heterocycles. The maximum Gasteiger partial charge on any atom is 0.253 e. The van der Waals surface area contributed by atoms with Crippen LogP contribution in [-0.2, 0) is 19.5 Å². The van der Waals surface area contributed by atoms with Gasteiger partial charge in [-0.1, -0.05) is 12.1 Å². The molecule has 0 unspecified atom stereocenters. The third kappa shape index (κ3) is 3.99. The summed E-state index contributed by atoms with van der Waals surface area (Å²) in [5.41, 5.74) is 17.4. The van der Waals surface area contributed by atoms with Crippen LogP contribution in [0.1, 0.15) is 32.7 Å². The van der Waals surface area contributed by atoms with Crippen LogP contribution < -0.4 is 21.7 Å². The predicted molar refractivity (Wildman–Crippen MR) is 114 cm³/mol. The Morgan fingerprint density at radius 2 is 2.03 bits per heavy atom. The molecule has 7 heteroatoms. The Labute approximate surface area is 169 Å². The zero-order valence-corrected chi connectivity index (χ0v) is 16.4. The van der Waals surface area contributed by atoms with Crippen LogP contribution in [0.3, 0.4) is 0 Å².